The first kappa shape index (κ1) is 17.8. The van der Waals surface area contributed by atoms with Crippen molar-refractivity contribution in [2.45, 2.75) is 32.2 Å². The van der Waals surface area contributed by atoms with Crippen LogP contribution in [-0.2, 0) is 16.6 Å². The van der Waals surface area contributed by atoms with E-state index in [0.29, 0.717) is 18.0 Å². The van der Waals surface area contributed by atoms with E-state index < -0.39 is 10.0 Å². The lowest BCUT2D eigenvalue weighted by Gasteiger charge is -2.13. The molecule has 0 bridgehead atoms. The van der Waals surface area contributed by atoms with Crippen LogP contribution in [0.25, 0.3) is 10.6 Å². The van der Waals surface area contributed by atoms with Gasteiger partial charge in [0.15, 0.2) is 0 Å². The van der Waals surface area contributed by atoms with Gasteiger partial charge < -0.3 is 0 Å². The third-order valence-electron chi connectivity index (χ3n) is 3.92. The second-order valence-corrected chi connectivity index (χ2v) is 8.72. The Morgan fingerprint density at radius 3 is 2.52 bits per heavy atom. The van der Waals surface area contributed by atoms with Gasteiger partial charge in [0.2, 0.25) is 10.0 Å². The molecule has 0 saturated carbocycles. The van der Waals surface area contributed by atoms with Crippen LogP contribution in [0.15, 0.2) is 46.8 Å². The van der Waals surface area contributed by atoms with Crippen LogP contribution in [-0.4, -0.2) is 24.7 Å². The zero-order valence-corrected chi connectivity index (χ0v) is 16.1. The number of rotatable bonds is 6. The van der Waals surface area contributed by atoms with Crippen LogP contribution >= 0.6 is 11.3 Å². The van der Waals surface area contributed by atoms with Gasteiger partial charge in [0.25, 0.3) is 0 Å². The zero-order chi connectivity index (χ0) is 18.0. The second kappa shape index (κ2) is 7.11. The Morgan fingerprint density at radius 2 is 1.88 bits per heavy atom. The molecular weight excluding hydrogens is 354 g/mol. The van der Waals surface area contributed by atoms with Gasteiger partial charge in [-0.3, -0.25) is 4.68 Å². The Bertz CT molecular complexity index is 951. The number of aromatic nitrogens is 2. The Hall–Kier alpha value is -1.96. The molecule has 0 aliphatic heterocycles. The summed E-state index contributed by atoms with van der Waals surface area (Å²) in [6.45, 7) is 6.40. The fourth-order valence-corrected chi connectivity index (χ4v) is 5.16. The largest absolute Gasteiger partial charge is 0.271 e. The third kappa shape index (κ3) is 4.00. The summed E-state index contributed by atoms with van der Waals surface area (Å²) in [4.78, 5) is 1.48. The number of benzene rings is 1. The molecule has 7 heteroatoms. The van der Waals surface area contributed by atoms with Crippen molar-refractivity contribution in [2.24, 2.45) is 0 Å². The highest BCUT2D eigenvalue weighted by Gasteiger charge is 2.19. The quantitative estimate of drug-likeness (QED) is 0.717. The molecule has 0 unspecified atom stereocenters. The number of thiophene rings is 1. The van der Waals surface area contributed by atoms with E-state index in [9.17, 15) is 8.42 Å². The standard InChI is InChI=1S/C18H21N3O2S2/c1-13-11-14(2)18(15(3)12-13)25(22,23)19-7-9-21-8-6-16(20-21)17-5-4-10-24-17/h4-6,8,10-12,19H,7,9H2,1-3H3. The number of aryl methyl sites for hydroxylation is 3. The van der Waals surface area contributed by atoms with Crippen molar-refractivity contribution in [2.75, 3.05) is 6.54 Å². The van der Waals surface area contributed by atoms with Crippen LogP contribution in [0, 0.1) is 20.8 Å². The Labute approximate surface area is 152 Å². The molecule has 0 aliphatic carbocycles. The lowest BCUT2D eigenvalue weighted by molar-refractivity contribution is 0.560. The first-order valence-corrected chi connectivity index (χ1v) is 10.4. The molecular formula is C18H21N3O2S2. The Morgan fingerprint density at radius 1 is 1.16 bits per heavy atom. The maximum atomic E-state index is 12.6. The van der Waals surface area contributed by atoms with Crippen LogP contribution in [0.1, 0.15) is 16.7 Å². The van der Waals surface area contributed by atoms with Crippen LogP contribution in [0.2, 0.25) is 0 Å². The molecule has 0 atom stereocenters. The van der Waals surface area contributed by atoms with E-state index in [-0.39, 0.29) is 0 Å². The van der Waals surface area contributed by atoms with E-state index in [1.807, 2.05) is 62.7 Å². The molecule has 0 radical (unpaired) electrons. The lowest BCUT2D eigenvalue weighted by atomic mass is 10.1. The van der Waals surface area contributed by atoms with Gasteiger partial charge in [-0.25, -0.2) is 13.1 Å². The van der Waals surface area contributed by atoms with Crippen LogP contribution in [0.3, 0.4) is 0 Å². The number of hydrogen-bond acceptors (Lipinski definition) is 4. The highest BCUT2D eigenvalue weighted by atomic mass is 32.2. The molecule has 132 valence electrons. The summed E-state index contributed by atoms with van der Waals surface area (Å²) in [7, 11) is -3.53. The first-order valence-electron chi connectivity index (χ1n) is 8.02. The summed E-state index contributed by atoms with van der Waals surface area (Å²) >= 11 is 1.63. The minimum atomic E-state index is -3.53. The van der Waals surface area contributed by atoms with E-state index in [0.717, 1.165) is 27.3 Å². The normalized spacial score (nSPS) is 11.8. The Balaban J connectivity index is 1.67. The lowest BCUT2D eigenvalue weighted by Crippen LogP contribution is -2.28. The topological polar surface area (TPSA) is 64.0 Å². The van der Waals surface area contributed by atoms with Crippen LogP contribution in [0.5, 0.6) is 0 Å². The first-order chi connectivity index (χ1) is 11.9. The van der Waals surface area contributed by atoms with Gasteiger partial charge in [-0.1, -0.05) is 23.8 Å². The molecule has 1 N–H and O–H groups in total. The van der Waals surface area contributed by atoms with E-state index in [1.54, 1.807) is 16.0 Å². The maximum Gasteiger partial charge on any atom is 0.241 e. The van der Waals surface area contributed by atoms with Crippen molar-refractivity contribution in [3.63, 3.8) is 0 Å². The maximum absolute atomic E-state index is 12.6. The summed E-state index contributed by atoms with van der Waals surface area (Å²) in [5.41, 5.74) is 3.50. The monoisotopic (exact) mass is 375 g/mol. The summed E-state index contributed by atoms with van der Waals surface area (Å²) in [6.07, 6.45) is 1.87. The van der Waals surface area contributed by atoms with E-state index >= 15 is 0 Å². The molecule has 0 fully saturated rings. The van der Waals surface area contributed by atoms with E-state index in [4.69, 9.17) is 0 Å². The summed E-state index contributed by atoms with van der Waals surface area (Å²) in [5.74, 6) is 0. The minimum Gasteiger partial charge on any atom is -0.271 e. The molecule has 25 heavy (non-hydrogen) atoms. The average molecular weight is 376 g/mol. The SMILES string of the molecule is Cc1cc(C)c(S(=O)(=O)NCCn2ccc(-c3cccs3)n2)c(C)c1. The molecule has 3 rings (SSSR count). The molecule has 0 aliphatic rings. The highest BCUT2D eigenvalue weighted by molar-refractivity contribution is 7.89. The molecule has 0 amide bonds. The fourth-order valence-electron chi connectivity index (χ4n) is 3.00. The smallest absolute Gasteiger partial charge is 0.241 e. The molecule has 1 aromatic carbocycles. The molecule has 5 nitrogen and oxygen atoms in total. The average Bonchev–Trinajstić information content (AvgIpc) is 3.16. The highest BCUT2D eigenvalue weighted by Crippen LogP contribution is 2.23. The number of nitrogens with zero attached hydrogens (tertiary/aromatic N) is 2. The fraction of sp³-hybridized carbons (Fsp3) is 0.278. The second-order valence-electron chi connectivity index (χ2n) is 6.07. The minimum absolute atomic E-state index is 0.292. The molecule has 2 heterocycles. The van der Waals surface area contributed by atoms with Crippen LogP contribution < -0.4 is 4.72 Å². The van der Waals surface area contributed by atoms with Crippen LogP contribution in [0.4, 0.5) is 0 Å². The van der Waals surface area contributed by atoms with Crippen molar-refractivity contribution < 1.29 is 8.42 Å². The van der Waals surface area contributed by atoms with Crippen molar-refractivity contribution >= 4 is 21.4 Å². The van der Waals surface area contributed by atoms with Gasteiger partial charge in [0.05, 0.1) is 16.3 Å². The van der Waals surface area contributed by atoms with Gasteiger partial charge in [-0.15, -0.1) is 11.3 Å². The summed E-state index contributed by atoms with van der Waals surface area (Å²) in [6, 6.07) is 9.72. The van der Waals surface area contributed by atoms with Crippen molar-refractivity contribution in [1.82, 2.24) is 14.5 Å². The zero-order valence-electron chi connectivity index (χ0n) is 14.5. The van der Waals surface area contributed by atoms with Gasteiger partial charge in [-0.2, -0.15) is 5.10 Å². The predicted molar refractivity (Wildman–Crippen MR) is 101 cm³/mol. The van der Waals surface area contributed by atoms with Gasteiger partial charge in [0, 0.05) is 12.7 Å². The van der Waals surface area contributed by atoms with Gasteiger partial charge >= 0.3 is 0 Å². The molecule has 0 saturated heterocycles. The molecule has 2 aromatic heterocycles. The predicted octanol–water partition coefficient (Wildman–Crippen LogP) is 3.52. The van der Waals surface area contributed by atoms with E-state index in [1.165, 1.54) is 0 Å². The number of sulfonamides is 1. The van der Waals surface area contributed by atoms with Crippen molar-refractivity contribution in [1.29, 1.82) is 0 Å². The number of hydrogen-bond donors (Lipinski definition) is 1. The number of nitrogens with one attached hydrogen (secondary N) is 1. The van der Waals surface area contributed by atoms with Crippen molar-refractivity contribution in [3.05, 3.63) is 58.6 Å². The van der Waals surface area contributed by atoms with Crippen molar-refractivity contribution in [3.8, 4) is 10.6 Å². The Kier molecular flexibility index (Phi) is 5.08. The third-order valence-corrected chi connectivity index (χ3v) is 6.58. The van der Waals surface area contributed by atoms with E-state index in [2.05, 4.69) is 9.82 Å². The summed E-state index contributed by atoms with van der Waals surface area (Å²) < 4.78 is 29.7. The van der Waals surface area contributed by atoms with Gasteiger partial charge in [-0.05, 0) is 49.4 Å². The van der Waals surface area contributed by atoms with Gasteiger partial charge in [0.1, 0.15) is 5.69 Å². The molecule has 3 aromatic rings. The molecule has 0 spiro atoms. The summed E-state index contributed by atoms with van der Waals surface area (Å²) in [5, 5.41) is 6.49.